The van der Waals surface area contributed by atoms with Gasteiger partial charge in [-0.2, -0.15) is 0 Å². The number of aromatic hydroxyl groups is 2. The Bertz CT molecular complexity index is 1480. The van der Waals surface area contributed by atoms with Crippen LogP contribution in [0.25, 0.3) is 0 Å². The number of esters is 3. The Morgan fingerprint density at radius 2 is 1.54 bits per heavy atom. The lowest BCUT2D eigenvalue weighted by molar-refractivity contribution is -0.132. The minimum Gasteiger partial charge on any atom is -0.504 e. The third-order valence-electron chi connectivity index (χ3n) is 5.56. The molecular formula is C24H14Cl2O9. The molecule has 1 unspecified atom stereocenters. The molecule has 0 saturated carbocycles. The van der Waals surface area contributed by atoms with Gasteiger partial charge >= 0.3 is 17.9 Å². The number of phenolic OH excluding ortho intramolecular Hbond substituents is 2. The molecule has 3 aromatic rings. The van der Waals surface area contributed by atoms with Gasteiger partial charge in [-0.1, -0.05) is 41.4 Å². The quantitative estimate of drug-likeness (QED) is 0.363. The van der Waals surface area contributed by atoms with Crippen LogP contribution < -0.4 is 14.2 Å². The van der Waals surface area contributed by atoms with Crippen LogP contribution in [0.2, 0.25) is 10.0 Å². The van der Waals surface area contributed by atoms with Crippen molar-refractivity contribution in [2.24, 2.45) is 0 Å². The van der Waals surface area contributed by atoms with Gasteiger partial charge in [-0.25, -0.2) is 4.79 Å². The molecule has 5 rings (SSSR count). The lowest BCUT2D eigenvalue weighted by atomic mass is 9.77. The minimum absolute atomic E-state index is 0.0384. The summed E-state index contributed by atoms with van der Waals surface area (Å²) in [7, 11) is 0. The zero-order valence-electron chi connectivity index (χ0n) is 18.0. The van der Waals surface area contributed by atoms with Gasteiger partial charge < -0.3 is 29.2 Å². The molecule has 9 nitrogen and oxygen atoms in total. The van der Waals surface area contributed by atoms with Crippen LogP contribution in [0.5, 0.6) is 34.5 Å². The van der Waals surface area contributed by atoms with E-state index in [4.69, 9.17) is 42.1 Å². The number of hydrogen-bond donors (Lipinski definition) is 2. The number of carbonyl (C=O) groups excluding carboxylic acids is 3. The zero-order chi connectivity index (χ0) is 25.2. The van der Waals surface area contributed by atoms with Gasteiger partial charge in [0.05, 0.1) is 21.7 Å². The van der Waals surface area contributed by atoms with Gasteiger partial charge in [0.2, 0.25) is 11.5 Å². The summed E-state index contributed by atoms with van der Waals surface area (Å²) in [5, 5.41) is 20.5. The van der Waals surface area contributed by atoms with Crippen LogP contribution in [-0.4, -0.2) is 28.1 Å². The van der Waals surface area contributed by atoms with E-state index in [-0.39, 0.29) is 44.0 Å². The Morgan fingerprint density at radius 3 is 2.23 bits per heavy atom. The number of phenols is 2. The Labute approximate surface area is 207 Å². The van der Waals surface area contributed by atoms with E-state index in [9.17, 15) is 24.6 Å². The van der Waals surface area contributed by atoms with Gasteiger partial charge in [0.25, 0.3) is 0 Å². The van der Waals surface area contributed by atoms with E-state index in [1.54, 1.807) is 18.2 Å². The maximum absolute atomic E-state index is 13.0. The van der Waals surface area contributed by atoms with E-state index >= 15 is 0 Å². The fraction of sp³-hybridized carbons (Fsp3) is 0.125. The number of fused-ring (bicyclic) bond motifs is 6. The largest absolute Gasteiger partial charge is 0.504 e. The van der Waals surface area contributed by atoms with Crippen LogP contribution in [0.1, 0.15) is 40.9 Å². The zero-order valence-corrected chi connectivity index (χ0v) is 19.5. The average molecular weight is 517 g/mol. The summed E-state index contributed by atoms with van der Waals surface area (Å²) in [5.74, 6) is -4.96. The summed E-state index contributed by atoms with van der Waals surface area (Å²) in [6.07, 6.45) is 0. The van der Waals surface area contributed by atoms with Crippen LogP contribution >= 0.6 is 23.2 Å². The number of hydrogen-bond acceptors (Lipinski definition) is 9. The summed E-state index contributed by atoms with van der Waals surface area (Å²) in [5.41, 5.74) is -1.21. The van der Waals surface area contributed by atoms with Crippen molar-refractivity contribution in [1.29, 1.82) is 0 Å². The first-order chi connectivity index (χ1) is 16.6. The van der Waals surface area contributed by atoms with Gasteiger partial charge in [0, 0.05) is 19.4 Å². The van der Waals surface area contributed by atoms with E-state index in [0.717, 1.165) is 13.8 Å². The lowest BCUT2D eigenvalue weighted by Crippen LogP contribution is -2.34. The molecule has 0 saturated heterocycles. The van der Waals surface area contributed by atoms with Crippen LogP contribution in [0, 0.1) is 0 Å². The van der Waals surface area contributed by atoms with E-state index in [2.05, 4.69) is 0 Å². The first-order valence-electron chi connectivity index (χ1n) is 10.1. The predicted octanol–water partition coefficient (Wildman–Crippen LogP) is 4.82. The van der Waals surface area contributed by atoms with E-state index in [0.29, 0.717) is 5.56 Å². The van der Waals surface area contributed by atoms with Crippen LogP contribution in [0.15, 0.2) is 36.4 Å². The molecule has 2 aliphatic heterocycles. The Balaban J connectivity index is 1.98. The summed E-state index contributed by atoms with van der Waals surface area (Å²) in [4.78, 5) is 36.7. The van der Waals surface area contributed by atoms with Gasteiger partial charge in [-0.15, -0.1) is 0 Å². The molecule has 178 valence electrons. The second-order valence-corrected chi connectivity index (χ2v) is 8.46. The number of rotatable bonds is 2. The molecule has 0 bridgehead atoms. The van der Waals surface area contributed by atoms with Crippen molar-refractivity contribution in [3.63, 3.8) is 0 Å². The molecule has 0 amide bonds. The van der Waals surface area contributed by atoms with E-state index < -0.39 is 40.8 Å². The molecule has 0 radical (unpaired) electrons. The number of ether oxygens (including phenoxy) is 4. The first-order valence-corrected chi connectivity index (χ1v) is 10.8. The molecule has 2 heterocycles. The van der Waals surface area contributed by atoms with Crippen molar-refractivity contribution in [3.05, 3.63) is 68.7 Å². The fourth-order valence-electron chi connectivity index (χ4n) is 4.30. The van der Waals surface area contributed by atoms with Gasteiger partial charge in [0.1, 0.15) is 5.02 Å². The molecule has 3 aromatic carbocycles. The molecule has 11 heteroatoms. The molecule has 1 atom stereocenters. The fourth-order valence-corrected chi connectivity index (χ4v) is 4.79. The number of carbonyl (C=O) groups is 3. The molecule has 0 aromatic heterocycles. The average Bonchev–Trinajstić information content (AvgIpc) is 3.09. The summed E-state index contributed by atoms with van der Waals surface area (Å²) in [6.45, 7) is 2.20. The maximum Gasteiger partial charge on any atom is 0.340 e. The predicted molar refractivity (Wildman–Crippen MR) is 121 cm³/mol. The number of benzene rings is 3. The molecule has 0 fully saturated rings. The smallest absolute Gasteiger partial charge is 0.340 e. The topological polar surface area (TPSA) is 129 Å². The molecule has 2 N–H and O–H groups in total. The van der Waals surface area contributed by atoms with Crippen LogP contribution in [0.4, 0.5) is 0 Å². The standard InChI is InChI=1S/C24H14Cl2O9/c1-9(27)32-20-14(29)8-7-13-19(20)34-21-15(16(25)17(26)18(30)22(21)33-10(2)28)24(13)12-6-4-3-5-11(12)23(31)35-24/h3-8,29-30H,1-2H3. The highest BCUT2D eigenvalue weighted by Crippen LogP contribution is 2.65. The highest BCUT2D eigenvalue weighted by molar-refractivity contribution is 6.44. The maximum atomic E-state index is 13.0. The van der Waals surface area contributed by atoms with Crippen LogP contribution in [-0.2, 0) is 19.9 Å². The van der Waals surface area contributed by atoms with Crippen molar-refractivity contribution in [2.45, 2.75) is 19.4 Å². The van der Waals surface area contributed by atoms with Gasteiger partial charge in [0.15, 0.2) is 28.6 Å². The molecule has 1 spiro atoms. The SMILES string of the molecule is CC(=O)Oc1c(O)ccc2c1Oc1c(OC(C)=O)c(O)c(Cl)c(Cl)c1C21OC(=O)c2ccccc21. The Morgan fingerprint density at radius 1 is 0.886 bits per heavy atom. The minimum atomic E-state index is -1.83. The third kappa shape index (κ3) is 3.12. The third-order valence-corrected chi connectivity index (χ3v) is 6.40. The highest BCUT2D eigenvalue weighted by Gasteiger charge is 2.57. The van der Waals surface area contributed by atoms with Crippen molar-refractivity contribution >= 4 is 41.1 Å². The van der Waals surface area contributed by atoms with E-state index in [1.165, 1.54) is 18.2 Å². The van der Waals surface area contributed by atoms with Gasteiger partial charge in [-0.3, -0.25) is 9.59 Å². The number of halogens is 2. The Kier molecular flexibility index (Phi) is 5.08. The van der Waals surface area contributed by atoms with E-state index in [1.807, 2.05) is 0 Å². The second kappa shape index (κ2) is 7.79. The van der Waals surface area contributed by atoms with Crippen molar-refractivity contribution in [1.82, 2.24) is 0 Å². The van der Waals surface area contributed by atoms with Crippen molar-refractivity contribution in [2.75, 3.05) is 0 Å². The first kappa shape index (κ1) is 22.8. The summed E-state index contributed by atoms with van der Waals surface area (Å²) < 4.78 is 22.3. The normalized spacial score (nSPS) is 17.1. The van der Waals surface area contributed by atoms with Crippen LogP contribution in [0.3, 0.4) is 0 Å². The molecule has 35 heavy (non-hydrogen) atoms. The summed E-state index contributed by atoms with van der Waals surface area (Å²) in [6, 6.07) is 9.08. The summed E-state index contributed by atoms with van der Waals surface area (Å²) >= 11 is 12.9. The van der Waals surface area contributed by atoms with Crippen molar-refractivity contribution in [3.8, 4) is 34.5 Å². The molecule has 2 aliphatic rings. The van der Waals surface area contributed by atoms with Crippen molar-refractivity contribution < 1.29 is 43.5 Å². The molecule has 0 aliphatic carbocycles. The molecular weight excluding hydrogens is 503 g/mol. The second-order valence-electron chi connectivity index (χ2n) is 7.71. The van der Waals surface area contributed by atoms with Gasteiger partial charge in [-0.05, 0) is 18.2 Å². The monoisotopic (exact) mass is 516 g/mol. The lowest BCUT2D eigenvalue weighted by Gasteiger charge is -2.38. The Hall–Kier alpha value is -3.95. The highest BCUT2D eigenvalue weighted by atomic mass is 35.5.